The molecule has 0 bridgehead atoms. The van der Waals surface area contributed by atoms with Crippen molar-refractivity contribution < 1.29 is 0 Å². The summed E-state index contributed by atoms with van der Waals surface area (Å²) in [5.41, 5.74) is 1.40. The zero-order chi connectivity index (χ0) is 8.85. The molecule has 0 radical (unpaired) electrons. The van der Waals surface area contributed by atoms with E-state index < -0.39 is 0 Å². The first-order valence-electron chi connectivity index (χ1n) is 4.41. The van der Waals surface area contributed by atoms with Crippen LogP contribution in [0.25, 0.3) is 0 Å². The molecule has 1 heteroatoms. The summed E-state index contributed by atoms with van der Waals surface area (Å²) in [6.07, 6.45) is 3.50. The molecular formula is C10H21N. The van der Waals surface area contributed by atoms with Crippen LogP contribution in [0.2, 0.25) is 0 Å². The predicted octanol–water partition coefficient (Wildman–Crippen LogP) is 2.68. The van der Waals surface area contributed by atoms with Gasteiger partial charge in [0.05, 0.1) is 0 Å². The maximum absolute atomic E-state index is 2.37. The van der Waals surface area contributed by atoms with E-state index in [2.05, 4.69) is 45.7 Å². The van der Waals surface area contributed by atoms with Gasteiger partial charge in [-0.2, -0.15) is 0 Å². The van der Waals surface area contributed by atoms with E-state index in [-0.39, 0.29) is 0 Å². The fraction of sp³-hybridized carbons (Fsp3) is 0.800. The maximum atomic E-state index is 2.37. The largest absolute Gasteiger partial charge is 0.300 e. The van der Waals surface area contributed by atoms with E-state index in [1.165, 1.54) is 12.0 Å². The Bertz CT molecular complexity index is 123. The minimum Gasteiger partial charge on any atom is -0.300 e. The summed E-state index contributed by atoms with van der Waals surface area (Å²) in [5, 5.41) is 0. The second-order valence-corrected chi connectivity index (χ2v) is 3.48. The highest BCUT2D eigenvalue weighted by molar-refractivity contribution is 4.94. The van der Waals surface area contributed by atoms with Crippen LogP contribution in [-0.2, 0) is 0 Å². The zero-order valence-corrected chi connectivity index (χ0v) is 8.52. The van der Waals surface area contributed by atoms with Crippen LogP contribution in [0.1, 0.15) is 34.1 Å². The molecule has 0 heterocycles. The first-order valence-corrected chi connectivity index (χ1v) is 4.41. The molecule has 0 fully saturated rings. The van der Waals surface area contributed by atoms with Crippen molar-refractivity contribution >= 4 is 0 Å². The molecule has 0 aromatic rings. The minimum absolute atomic E-state index is 0.700. The predicted molar refractivity (Wildman–Crippen MR) is 51.8 cm³/mol. The molecule has 0 rings (SSSR count). The first-order chi connectivity index (χ1) is 5.07. The van der Waals surface area contributed by atoms with Crippen LogP contribution in [0.15, 0.2) is 11.6 Å². The third-order valence-electron chi connectivity index (χ3n) is 2.13. The molecule has 0 aliphatic rings. The topological polar surface area (TPSA) is 3.24 Å². The highest BCUT2D eigenvalue weighted by Crippen LogP contribution is 2.00. The van der Waals surface area contributed by atoms with Gasteiger partial charge in [0.1, 0.15) is 0 Å². The van der Waals surface area contributed by atoms with Gasteiger partial charge < -0.3 is 4.90 Å². The molecular weight excluding hydrogens is 134 g/mol. The van der Waals surface area contributed by atoms with Crippen LogP contribution in [0, 0.1) is 0 Å². The highest BCUT2D eigenvalue weighted by atomic mass is 15.1. The monoisotopic (exact) mass is 155 g/mol. The smallest absolute Gasteiger partial charge is 0.0165 e. The summed E-state index contributed by atoms with van der Waals surface area (Å²) < 4.78 is 0. The molecule has 0 N–H and O–H groups in total. The number of nitrogens with zero attached hydrogens (tertiary/aromatic N) is 1. The summed E-state index contributed by atoms with van der Waals surface area (Å²) in [7, 11) is 2.17. The maximum Gasteiger partial charge on any atom is 0.0165 e. The number of rotatable bonds is 4. The molecule has 0 saturated heterocycles. The fourth-order valence-corrected chi connectivity index (χ4v) is 0.818. The van der Waals surface area contributed by atoms with E-state index in [9.17, 15) is 0 Å². The lowest BCUT2D eigenvalue weighted by atomic mass is 10.2. The fourth-order valence-electron chi connectivity index (χ4n) is 0.818. The third kappa shape index (κ3) is 5.02. The summed E-state index contributed by atoms with van der Waals surface area (Å²) >= 11 is 0. The van der Waals surface area contributed by atoms with Gasteiger partial charge in [-0.25, -0.2) is 0 Å². The van der Waals surface area contributed by atoms with Crippen molar-refractivity contribution in [2.75, 3.05) is 13.6 Å². The van der Waals surface area contributed by atoms with Crippen LogP contribution < -0.4 is 0 Å². The molecule has 0 saturated carbocycles. The van der Waals surface area contributed by atoms with Gasteiger partial charge in [-0.15, -0.1) is 0 Å². The molecule has 1 atom stereocenters. The Kier molecular flexibility index (Phi) is 5.22. The molecule has 0 spiro atoms. The summed E-state index contributed by atoms with van der Waals surface area (Å²) in [5.74, 6) is 0. The number of allylic oxidation sites excluding steroid dienone is 1. The Labute approximate surface area is 71.1 Å². The molecule has 11 heavy (non-hydrogen) atoms. The summed E-state index contributed by atoms with van der Waals surface area (Å²) in [6, 6.07) is 0.700. The van der Waals surface area contributed by atoms with E-state index in [4.69, 9.17) is 0 Å². The molecule has 66 valence electrons. The average Bonchev–Trinajstić information content (AvgIpc) is 1.98. The quantitative estimate of drug-likeness (QED) is 0.564. The SMILES string of the molecule is CCC(C)N(C)CC=C(C)C. The van der Waals surface area contributed by atoms with Crippen LogP contribution in [0.5, 0.6) is 0 Å². The van der Waals surface area contributed by atoms with E-state index in [0.29, 0.717) is 6.04 Å². The Morgan fingerprint density at radius 3 is 2.36 bits per heavy atom. The minimum atomic E-state index is 0.700. The Morgan fingerprint density at radius 1 is 1.45 bits per heavy atom. The lowest BCUT2D eigenvalue weighted by Gasteiger charge is -2.21. The van der Waals surface area contributed by atoms with Crippen LogP contribution >= 0.6 is 0 Å². The van der Waals surface area contributed by atoms with Crippen molar-refractivity contribution in [1.29, 1.82) is 0 Å². The van der Waals surface area contributed by atoms with E-state index in [1.807, 2.05) is 0 Å². The van der Waals surface area contributed by atoms with Crippen LogP contribution in [-0.4, -0.2) is 24.5 Å². The van der Waals surface area contributed by atoms with Gasteiger partial charge in [-0.3, -0.25) is 0 Å². The van der Waals surface area contributed by atoms with Crippen LogP contribution in [0.3, 0.4) is 0 Å². The second-order valence-electron chi connectivity index (χ2n) is 3.48. The molecule has 0 aliphatic carbocycles. The van der Waals surface area contributed by atoms with Gasteiger partial charge in [0.2, 0.25) is 0 Å². The van der Waals surface area contributed by atoms with Gasteiger partial charge in [0.25, 0.3) is 0 Å². The highest BCUT2D eigenvalue weighted by Gasteiger charge is 2.03. The number of likely N-dealkylation sites (N-methyl/N-ethyl adjacent to an activating group) is 1. The molecule has 1 unspecified atom stereocenters. The zero-order valence-electron chi connectivity index (χ0n) is 8.52. The van der Waals surface area contributed by atoms with Gasteiger partial charge in [0.15, 0.2) is 0 Å². The van der Waals surface area contributed by atoms with E-state index >= 15 is 0 Å². The van der Waals surface area contributed by atoms with Gasteiger partial charge in [-0.05, 0) is 34.2 Å². The van der Waals surface area contributed by atoms with Gasteiger partial charge in [0, 0.05) is 12.6 Å². The third-order valence-corrected chi connectivity index (χ3v) is 2.13. The molecule has 0 aromatic carbocycles. The Morgan fingerprint density at radius 2 is 2.00 bits per heavy atom. The summed E-state index contributed by atoms with van der Waals surface area (Å²) in [4.78, 5) is 2.37. The lowest BCUT2D eigenvalue weighted by molar-refractivity contribution is 0.277. The first kappa shape index (κ1) is 10.7. The molecule has 0 amide bonds. The van der Waals surface area contributed by atoms with Crippen molar-refractivity contribution in [3.8, 4) is 0 Å². The van der Waals surface area contributed by atoms with Crippen molar-refractivity contribution in [3.63, 3.8) is 0 Å². The lowest BCUT2D eigenvalue weighted by Crippen LogP contribution is -2.28. The summed E-state index contributed by atoms with van der Waals surface area (Å²) in [6.45, 7) is 9.86. The number of hydrogen-bond acceptors (Lipinski definition) is 1. The van der Waals surface area contributed by atoms with Crippen molar-refractivity contribution in [2.24, 2.45) is 0 Å². The van der Waals surface area contributed by atoms with Crippen molar-refractivity contribution in [1.82, 2.24) is 4.90 Å². The normalized spacial score (nSPS) is 13.3. The second kappa shape index (κ2) is 5.36. The van der Waals surface area contributed by atoms with Gasteiger partial charge >= 0.3 is 0 Å². The van der Waals surface area contributed by atoms with Crippen molar-refractivity contribution in [2.45, 2.75) is 40.2 Å². The van der Waals surface area contributed by atoms with E-state index in [0.717, 1.165) is 6.54 Å². The van der Waals surface area contributed by atoms with Crippen LogP contribution in [0.4, 0.5) is 0 Å². The number of hydrogen-bond donors (Lipinski definition) is 0. The molecule has 0 aliphatic heterocycles. The molecule has 1 nitrogen and oxygen atoms in total. The standard InChI is InChI=1S/C10H21N/c1-6-10(4)11(5)8-7-9(2)3/h7,10H,6,8H2,1-5H3. The average molecular weight is 155 g/mol. The van der Waals surface area contributed by atoms with Gasteiger partial charge in [-0.1, -0.05) is 18.6 Å². The Balaban J connectivity index is 3.68. The van der Waals surface area contributed by atoms with Crippen molar-refractivity contribution in [3.05, 3.63) is 11.6 Å². The molecule has 0 aromatic heterocycles. The Hall–Kier alpha value is -0.300. The van der Waals surface area contributed by atoms with E-state index in [1.54, 1.807) is 0 Å².